The first-order chi connectivity index (χ1) is 60.5. The van der Waals surface area contributed by atoms with E-state index < -0.39 is 5.82 Å². The maximum absolute atomic E-state index is 14.1. The molecule has 19 aromatic rings. The van der Waals surface area contributed by atoms with Crippen LogP contribution in [0, 0.1) is 33.5 Å². The number of nitrogens with zero attached hydrogens (tertiary/aromatic N) is 16. The van der Waals surface area contributed by atoms with Crippen molar-refractivity contribution in [2.75, 3.05) is 21.3 Å². The number of para-hydroxylation sites is 1. The van der Waals surface area contributed by atoms with Crippen molar-refractivity contribution in [2.45, 2.75) is 131 Å². The molecule has 0 radical (unpaired) electrons. The van der Waals surface area contributed by atoms with Crippen molar-refractivity contribution in [3.8, 4) is 17.1 Å². The normalized spacial score (nSPS) is 12.8. The summed E-state index contributed by atoms with van der Waals surface area (Å²) in [6.07, 6.45) is 18.5. The Kier molecular flexibility index (Phi) is 27.5. The average Bonchev–Trinajstić information content (AvgIpc) is 0.979. The van der Waals surface area contributed by atoms with Gasteiger partial charge < -0.3 is 45.8 Å². The van der Waals surface area contributed by atoms with Gasteiger partial charge in [0.25, 0.3) is 22.2 Å². The van der Waals surface area contributed by atoms with Crippen LogP contribution in [-0.2, 0) is 0 Å². The van der Waals surface area contributed by atoms with Gasteiger partial charge in [-0.15, -0.1) is 0 Å². The maximum Gasteiger partial charge on any atom is 0.264 e. The number of fused-ring (bicyclic) bond motifs is 8. The van der Waals surface area contributed by atoms with Crippen molar-refractivity contribution >= 4 is 163 Å². The fraction of sp³-hybridized carbons (Fsp3) is 0.213. The quantitative estimate of drug-likeness (QED) is 0.0351. The van der Waals surface area contributed by atoms with Crippen molar-refractivity contribution in [1.29, 1.82) is 0 Å². The first-order valence-electron chi connectivity index (χ1n) is 41.3. The van der Waals surface area contributed by atoms with Crippen molar-refractivity contribution in [3.63, 3.8) is 0 Å². The number of aromatic nitrogens is 20. The zero-order valence-corrected chi connectivity index (χ0v) is 74.5. The molecule has 7 aromatic carbocycles. The van der Waals surface area contributed by atoms with E-state index in [0.29, 0.717) is 85.0 Å². The van der Waals surface area contributed by atoms with Crippen LogP contribution in [0.25, 0.3) is 105 Å². The zero-order valence-electron chi connectivity index (χ0n) is 70.7. The van der Waals surface area contributed by atoms with E-state index in [0.717, 1.165) is 132 Å². The Morgan fingerprint density at radius 1 is 0.370 bits per heavy atom. The van der Waals surface area contributed by atoms with E-state index in [2.05, 4.69) is 134 Å². The van der Waals surface area contributed by atoms with Crippen LogP contribution in [0.3, 0.4) is 0 Å². The molecule has 1 unspecified atom stereocenters. The number of anilines is 4. The third-order valence-electron chi connectivity index (χ3n) is 22.9. The molecule has 1 aliphatic carbocycles. The lowest BCUT2D eigenvalue weighted by Crippen LogP contribution is -2.34. The number of aromatic amines is 4. The summed E-state index contributed by atoms with van der Waals surface area (Å²) in [5.74, 6) is 2.18. The van der Waals surface area contributed by atoms with Crippen molar-refractivity contribution in [3.05, 3.63) is 324 Å². The molecule has 646 valence electrons. The molecule has 0 saturated heterocycles. The number of aryl methyl sites for hydroxylation is 4. The minimum atomic E-state index is -0.402. The van der Waals surface area contributed by atoms with Gasteiger partial charge in [-0.25, -0.2) is 64.2 Å². The van der Waals surface area contributed by atoms with Crippen molar-refractivity contribution in [2.24, 2.45) is 0 Å². The Labute approximate surface area is 753 Å². The Hall–Kier alpha value is -14.0. The largest absolute Gasteiger partial charge is 0.360 e. The molecule has 0 aliphatic heterocycles. The molecule has 8 N–H and O–H groups in total. The minimum Gasteiger partial charge on any atom is -0.360 e. The number of H-pyrrole nitrogens is 4. The Morgan fingerprint density at radius 3 is 1.08 bits per heavy atom. The minimum absolute atomic E-state index is 0. The number of hydrogen-bond donors (Lipinski definition) is 8. The highest BCUT2D eigenvalue weighted by atomic mass is 35.5. The number of hydrogen-bond acceptors (Lipinski definition) is 20. The highest BCUT2D eigenvalue weighted by Gasteiger charge is 2.30. The first kappa shape index (κ1) is 89.3. The van der Waals surface area contributed by atoms with Gasteiger partial charge in [-0.2, -0.15) is 40.5 Å². The molecule has 20 rings (SSSR count). The summed E-state index contributed by atoms with van der Waals surface area (Å²) in [4.78, 5) is 118. The van der Waals surface area contributed by atoms with Crippen molar-refractivity contribution in [1.82, 2.24) is 98.0 Å². The van der Waals surface area contributed by atoms with Gasteiger partial charge in [0, 0.05) is 40.2 Å². The Bertz CT molecular complexity index is 7460. The Balaban J connectivity index is 0.000000136. The second-order valence-electron chi connectivity index (χ2n) is 30.6. The van der Waals surface area contributed by atoms with E-state index in [-0.39, 0.29) is 92.9 Å². The van der Waals surface area contributed by atoms with Crippen LogP contribution in [0.5, 0.6) is 0 Å². The van der Waals surface area contributed by atoms with Gasteiger partial charge in [-0.3, -0.25) is 32.9 Å². The van der Waals surface area contributed by atoms with E-state index in [1.165, 1.54) is 43.9 Å². The second kappa shape index (κ2) is 39.1. The number of imidazole rings is 4. The zero-order chi connectivity index (χ0) is 85.8. The highest BCUT2D eigenvalue weighted by Crippen LogP contribution is 2.38. The summed E-state index contributed by atoms with van der Waals surface area (Å²) >= 11 is 6.41. The van der Waals surface area contributed by atoms with Crippen LogP contribution in [0.4, 0.5) is 27.7 Å². The van der Waals surface area contributed by atoms with Crippen LogP contribution in [-0.4, -0.2) is 98.0 Å². The summed E-state index contributed by atoms with van der Waals surface area (Å²) in [5.41, 5.74) is 14.6. The third kappa shape index (κ3) is 17.8. The number of halogens is 2. The molecular formula is C94H94ClFN24O4S3. The molecule has 1 aliphatic rings. The molecule has 28 nitrogen and oxygen atoms in total. The molecule has 12 heterocycles. The van der Waals surface area contributed by atoms with Gasteiger partial charge in [-0.1, -0.05) is 148 Å². The van der Waals surface area contributed by atoms with E-state index >= 15 is 0 Å². The van der Waals surface area contributed by atoms with Gasteiger partial charge in [0.1, 0.15) is 53.2 Å². The van der Waals surface area contributed by atoms with Gasteiger partial charge in [0.05, 0.1) is 81.7 Å². The summed E-state index contributed by atoms with van der Waals surface area (Å²) in [6, 6.07) is 54.9. The first-order valence-corrected chi connectivity index (χ1v) is 41.7. The molecular weight excluding hydrogens is 1680 g/mol. The molecule has 1 fully saturated rings. The molecule has 4 atom stereocenters. The van der Waals surface area contributed by atoms with E-state index in [4.69, 9.17) is 11.6 Å². The van der Waals surface area contributed by atoms with Gasteiger partial charge in [0.15, 0.2) is 45.9 Å². The highest BCUT2D eigenvalue weighted by molar-refractivity contribution is 7.59. The molecule has 12 aromatic heterocycles. The fourth-order valence-electron chi connectivity index (χ4n) is 16.5. The summed E-state index contributed by atoms with van der Waals surface area (Å²) in [7, 11) is 0. The number of pyridine rings is 4. The van der Waals surface area contributed by atoms with E-state index in [1.807, 2.05) is 177 Å². The average molecular weight is 1770 g/mol. The molecule has 0 spiro atoms. The SMILES string of the molecule is CCC(Nc1ncnc2nc[nH]c12)c1cc2cccc(C)c2c(=O)n1-c1ccc(C)cc1.CC[C@H](Nc1ncnc2nc[nH]c12)c1cc2cccc(C)c2c(=O)n1-c1cccc(F)c1.CC[C@H](Nc1ncnc2nc[nH]c12)c1cc2cccc(C)c2c(=O)n1C1CCC1.CC[C@H](Nc1ncnc2nc[nH]c12)c1cc2cccc(Cl)c2c(=O)n1-c1ccccc1.S.S.S. The van der Waals surface area contributed by atoms with Crippen LogP contribution in [0.2, 0.25) is 5.02 Å². The van der Waals surface area contributed by atoms with Crippen LogP contribution in [0.15, 0.2) is 246 Å². The Morgan fingerprint density at radius 2 is 0.701 bits per heavy atom. The molecule has 1 saturated carbocycles. The lowest BCUT2D eigenvalue weighted by atomic mass is 9.91. The maximum atomic E-state index is 14.1. The van der Waals surface area contributed by atoms with E-state index in [1.54, 1.807) is 52.6 Å². The van der Waals surface area contributed by atoms with Gasteiger partial charge >= 0.3 is 0 Å². The van der Waals surface area contributed by atoms with Crippen LogP contribution in [0.1, 0.15) is 148 Å². The smallest absolute Gasteiger partial charge is 0.264 e. The van der Waals surface area contributed by atoms with Crippen molar-refractivity contribution < 1.29 is 4.39 Å². The van der Waals surface area contributed by atoms with Gasteiger partial charge in [-0.05, 0) is 184 Å². The monoisotopic (exact) mass is 1770 g/mol. The lowest BCUT2D eigenvalue weighted by Gasteiger charge is -2.33. The predicted molar refractivity (Wildman–Crippen MR) is 518 cm³/mol. The van der Waals surface area contributed by atoms with Crippen LogP contribution < -0.4 is 43.5 Å². The standard InChI is InChI=1S/C25H24N6O.C24H21FN6O.C23H19ClN6O.C22H24N6O.3H2S/c1-4-19(30-24-22-23(27-13-26-22)28-14-29-24)20-12-17-7-5-6-16(3)21(17)25(32)31(20)18-10-8-15(2)9-11-18;1-3-18(30-23-21-22(27-12-26-21)28-13-29-23)19-10-15-7-4-6-14(2)20(15)24(32)31(19)17-9-5-8-16(25)11-17;1-2-17(29-22-20-21(26-12-25-20)27-13-28-22)18-11-14-7-6-10-16(24)19(14)23(31)30(18)15-8-4-3-5-9-15;1-3-16(27-21-19-20(24-11-23-19)25-12-26-21)17-10-14-7-4-6-13(2)18(14)22(29)28(17)15-8-5-9-15;;;/h5-14,19H,4H2,1-3H3,(H2,26,27,28,29,30);4-13,18H,3H2,1-2H3,(H2,26,27,28,29,30);3-13,17H,2H2,1H3,(H2,25,26,27,28,29);4,6-7,10-12,15-16H,3,5,8-9H2,1-2H3,(H2,23,24,25,26,27);3*1H2/t;18-;17-;16-;;;/m.000.../s1. The summed E-state index contributed by atoms with van der Waals surface area (Å²) < 4.78 is 21.3. The van der Waals surface area contributed by atoms with E-state index in [9.17, 15) is 23.6 Å². The molecule has 0 amide bonds. The fourth-order valence-corrected chi connectivity index (χ4v) is 16.7. The molecule has 33 heteroatoms. The third-order valence-corrected chi connectivity index (χ3v) is 23.2. The summed E-state index contributed by atoms with van der Waals surface area (Å²) in [6.45, 7) is 16.2. The van der Waals surface area contributed by atoms with Crippen LogP contribution >= 0.6 is 52.1 Å². The molecule has 0 bridgehead atoms. The lowest BCUT2D eigenvalue weighted by molar-refractivity contribution is 0.297. The predicted octanol–water partition coefficient (Wildman–Crippen LogP) is 19.0. The molecule has 127 heavy (non-hydrogen) atoms. The second-order valence-corrected chi connectivity index (χ2v) is 31.1. The summed E-state index contributed by atoms with van der Waals surface area (Å²) in [5, 5.41) is 20.7. The number of rotatable bonds is 20. The number of benzene rings is 7. The van der Waals surface area contributed by atoms with Gasteiger partial charge in [0.2, 0.25) is 0 Å². The number of nitrogens with one attached hydrogen (secondary N) is 8. The topological polar surface area (TPSA) is 354 Å².